The molecule has 2 aliphatic rings. The number of hydrogen-bond donors (Lipinski definition) is 2. The number of fused-ring (bicyclic) bond motifs is 5. The Morgan fingerprint density at radius 2 is 2.06 bits per heavy atom. The van der Waals surface area contributed by atoms with E-state index in [-0.39, 0.29) is 18.5 Å². The van der Waals surface area contributed by atoms with E-state index in [1.54, 1.807) is 18.2 Å². The molecule has 0 amide bonds. The molecule has 0 radical (unpaired) electrons. The van der Waals surface area contributed by atoms with Crippen molar-refractivity contribution in [3.63, 3.8) is 0 Å². The largest absolute Gasteiger partial charge is 0.468 e. The number of rotatable bonds is 4. The fourth-order valence-electron chi connectivity index (χ4n) is 5.40. The topological polar surface area (TPSA) is 91.9 Å². The lowest BCUT2D eigenvalue weighted by molar-refractivity contribution is -0.144. The zero-order chi connectivity index (χ0) is 25.6. The second-order valence-corrected chi connectivity index (χ2v) is 13.9. The van der Waals surface area contributed by atoms with Crippen LogP contribution >= 0.6 is 57.4 Å². The molecule has 1 fully saturated rings. The number of aromatic amines is 1. The number of carbonyl (C=O) groups is 2. The van der Waals surface area contributed by atoms with Crippen LogP contribution in [0.4, 0.5) is 0 Å². The number of piperidine rings is 1. The first-order valence-corrected chi connectivity index (χ1v) is 13.7. The maximum Gasteiger partial charge on any atom is 0.338 e. The number of ether oxygens (including phenoxy) is 2. The van der Waals surface area contributed by atoms with Crippen LogP contribution in [0.1, 0.15) is 47.8 Å². The Morgan fingerprint density at radius 1 is 1.31 bits per heavy atom. The number of aromatic nitrogens is 1. The van der Waals surface area contributed by atoms with Crippen molar-refractivity contribution in [3.8, 4) is 0 Å². The second kappa shape index (κ2) is 10.2. The van der Waals surface area contributed by atoms with Gasteiger partial charge in [-0.1, -0.05) is 64.3 Å². The van der Waals surface area contributed by atoms with Gasteiger partial charge in [0.05, 0.1) is 18.3 Å². The normalized spacial score (nSPS) is 29.0. The van der Waals surface area contributed by atoms with E-state index in [9.17, 15) is 14.7 Å². The standard InChI is InChI=1S/C24H28Cl3IN2O5/c1-3-22(33)9-14-10-23(28,21(32)34-2)19-16(6-7-30(11-14)12-22)17-8-15(4-5-18(17)29-19)20(31)35-13-24(25,26)27/h4-5,8,14,29,33H,3,6-7,9-13H2,1-2H3/t14-,22+,23+/m1/s1. The van der Waals surface area contributed by atoms with E-state index in [1.807, 2.05) is 6.92 Å². The van der Waals surface area contributed by atoms with Crippen LogP contribution in [0.2, 0.25) is 0 Å². The van der Waals surface area contributed by atoms with E-state index in [4.69, 9.17) is 44.3 Å². The average Bonchev–Trinajstić information content (AvgIpc) is 3.18. The molecule has 2 aromatic rings. The molecule has 4 rings (SSSR count). The summed E-state index contributed by atoms with van der Waals surface area (Å²) in [6.45, 7) is 3.75. The lowest BCUT2D eigenvalue weighted by Gasteiger charge is -2.44. The number of methoxy groups -OCH3 is 1. The minimum absolute atomic E-state index is 0.120. The molecule has 192 valence electrons. The first-order valence-electron chi connectivity index (χ1n) is 11.5. The van der Waals surface area contributed by atoms with E-state index < -0.39 is 18.8 Å². The van der Waals surface area contributed by atoms with Crippen molar-refractivity contribution in [2.24, 2.45) is 5.92 Å². The van der Waals surface area contributed by atoms with Gasteiger partial charge < -0.3 is 19.6 Å². The third-order valence-electron chi connectivity index (χ3n) is 7.02. The van der Waals surface area contributed by atoms with Gasteiger partial charge in [0.1, 0.15) is 6.61 Å². The molecule has 0 spiro atoms. The summed E-state index contributed by atoms with van der Waals surface area (Å²) < 4.78 is 7.76. The molecule has 1 aromatic carbocycles. The molecule has 0 saturated carbocycles. The fourth-order valence-corrected chi connectivity index (χ4v) is 6.86. The van der Waals surface area contributed by atoms with Crippen molar-refractivity contribution in [2.45, 2.75) is 45.4 Å². The molecule has 3 heterocycles. The summed E-state index contributed by atoms with van der Waals surface area (Å²) in [7, 11) is 1.39. The highest BCUT2D eigenvalue weighted by Crippen LogP contribution is 2.47. The maximum absolute atomic E-state index is 13.2. The number of H-pyrrole nitrogens is 1. The summed E-state index contributed by atoms with van der Waals surface area (Å²) in [4.78, 5) is 31.6. The molecule has 1 unspecified atom stereocenters. The van der Waals surface area contributed by atoms with Gasteiger partial charge in [0, 0.05) is 36.2 Å². The van der Waals surface area contributed by atoms with Crippen molar-refractivity contribution < 1.29 is 24.2 Å². The van der Waals surface area contributed by atoms with E-state index in [0.29, 0.717) is 44.3 Å². The summed E-state index contributed by atoms with van der Waals surface area (Å²) in [5, 5.41) is 12.0. The number of hydrogen-bond acceptors (Lipinski definition) is 6. The summed E-state index contributed by atoms with van der Waals surface area (Å²) in [5.74, 6) is -0.820. The van der Waals surface area contributed by atoms with Crippen molar-refractivity contribution in [3.05, 3.63) is 35.0 Å². The zero-order valence-corrected chi connectivity index (χ0v) is 23.9. The molecule has 4 atom stereocenters. The number of nitrogens with zero attached hydrogens (tertiary/aromatic N) is 1. The van der Waals surface area contributed by atoms with Gasteiger partial charge in [0.25, 0.3) is 0 Å². The number of carbonyl (C=O) groups excluding carboxylic acids is 2. The third kappa shape index (κ3) is 5.72. The van der Waals surface area contributed by atoms with Crippen LogP contribution in [0, 0.1) is 5.92 Å². The minimum atomic E-state index is -1.70. The molecule has 0 aliphatic carbocycles. The van der Waals surface area contributed by atoms with Gasteiger partial charge in [-0.3, -0.25) is 9.69 Å². The van der Waals surface area contributed by atoms with Crippen LogP contribution in [-0.2, 0) is 24.1 Å². The lowest BCUT2D eigenvalue weighted by Crippen LogP contribution is -2.52. The van der Waals surface area contributed by atoms with E-state index >= 15 is 0 Å². The number of nitrogens with one attached hydrogen (secondary N) is 1. The molecule has 2 N–H and O–H groups in total. The van der Waals surface area contributed by atoms with E-state index in [1.165, 1.54) is 7.11 Å². The smallest absolute Gasteiger partial charge is 0.338 e. The van der Waals surface area contributed by atoms with E-state index in [0.717, 1.165) is 28.7 Å². The fraction of sp³-hybridized carbons (Fsp3) is 0.583. The molecule has 2 bridgehead atoms. The second-order valence-electron chi connectivity index (χ2n) is 9.56. The SMILES string of the molecule is CC[C@]1(O)C[C@H]2CN(CCc3c([nH]c4ccc(C(=O)OCC(Cl)(Cl)Cl)cc34)[C@](I)(C(=O)OC)C2)C1. The molecule has 7 nitrogen and oxygen atoms in total. The Bertz CT molecular complexity index is 1140. The summed E-state index contributed by atoms with van der Waals surface area (Å²) >= 11 is 19.3. The van der Waals surface area contributed by atoms with Gasteiger partial charge in [-0.2, -0.15) is 0 Å². The molecular weight excluding hydrogens is 630 g/mol. The molecule has 35 heavy (non-hydrogen) atoms. The van der Waals surface area contributed by atoms with Gasteiger partial charge in [-0.05, 0) is 55.4 Å². The van der Waals surface area contributed by atoms with Crippen molar-refractivity contribution in [2.75, 3.05) is 33.4 Å². The first-order chi connectivity index (χ1) is 16.4. The summed E-state index contributed by atoms with van der Waals surface area (Å²) in [6, 6.07) is 5.19. The molecule has 11 heteroatoms. The molecule has 1 saturated heterocycles. The third-order valence-corrected chi connectivity index (χ3v) is 8.77. The lowest BCUT2D eigenvalue weighted by atomic mass is 9.79. The van der Waals surface area contributed by atoms with Crippen LogP contribution in [0.5, 0.6) is 0 Å². The number of halogens is 4. The Kier molecular flexibility index (Phi) is 7.92. The van der Waals surface area contributed by atoms with Crippen LogP contribution < -0.4 is 0 Å². The quantitative estimate of drug-likeness (QED) is 0.276. The highest BCUT2D eigenvalue weighted by Gasteiger charge is 2.48. The highest BCUT2D eigenvalue weighted by molar-refractivity contribution is 14.1. The average molecular weight is 658 g/mol. The van der Waals surface area contributed by atoms with Crippen molar-refractivity contribution in [1.29, 1.82) is 0 Å². The summed E-state index contributed by atoms with van der Waals surface area (Å²) in [6.07, 6.45) is 2.45. The van der Waals surface area contributed by atoms with Gasteiger partial charge >= 0.3 is 11.9 Å². The van der Waals surface area contributed by atoms with Crippen molar-refractivity contribution >= 4 is 80.2 Å². The zero-order valence-electron chi connectivity index (χ0n) is 19.5. The van der Waals surface area contributed by atoms with Crippen LogP contribution in [0.3, 0.4) is 0 Å². The molecule has 1 aromatic heterocycles. The molecule has 2 aliphatic heterocycles. The molecular formula is C24H28Cl3IN2O5. The Morgan fingerprint density at radius 3 is 2.71 bits per heavy atom. The Labute approximate surface area is 232 Å². The van der Waals surface area contributed by atoms with Gasteiger partial charge in [0.15, 0.2) is 3.42 Å². The van der Waals surface area contributed by atoms with Crippen LogP contribution in [0.15, 0.2) is 18.2 Å². The number of aliphatic hydroxyl groups is 1. The van der Waals surface area contributed by atoms with Crippen LogP contribution in [-0.4, -0.2) is 69.7 Å². The first kappa shape index (κ1) is 27.3. The monoisotopic (exact) mass is 656 g/mol. The Hall–Kier alpha value is -0.780. The van der Waals surface area contributed by atoms with Crippen molar-refractivity contribution in [1.82, 2.24) is 9.88 Å². The number of benzene rings is 1. The maximum atomic E-state index is 13.2. The predicted octanol–water partition coefficient (Wildman–Crippen LogP) is 4.91. The summed E-state index contributed by atoms with van der Waals surface area (Å²) in [5.41, 5.74) is 2.08. The van der Waals surface area contributed by atoms with Gasteiger partial charge in [-0.15, -0.1) is 0 Å². The number of alkyl halides is 4. The van der Waals surface area contributed by atoms with Crippen LogP contribution in [0.25, 0.3) is 10.9 Å². The minimum Gasteiger partial charge on any atom is -0.468 e. The van der Waals surface area contributed by atoms with E-state index in [2.05, 4.69) is 32.5 Å². The predicted molar refractivity (Wildman–Crippen MR) is 145 cm³/mol. The highest BCUT2D eigenvalue weighted by atomic mass is 127. The Balaban J connectivity index is 1.78. The van der Waals surface area contributed by atoms with Gasteiger partial charge in [0.2, 0.25) is 3.79 Å². The number of esters is 2. The van der Waals surface area contributed by atoms with Gasteiger partial charge in [-0.25, -0.2) is 4.79 Å².